The lowest BCUT2D eigenvalue weighted by molar-refractivity contribution is 0.0983. The zero-order valence-electron chi connectivity index (χ0n) is 21.4. The van der Waals surface area contributed by atoms with Gasteiger partial charge in [0.2, 0.25) is 0 Å². The Morgan fingerprint density at radius 2 is 1.80 bits per heavy atom. The molecule has 0 unspecified atom stereocenters. The lowest BCUT2D eigenvalue weighted by atomic mass is 10.0. The number of aliphatic hydroxyl groups is 1. The number of anilines is 2. The normalized spacial score (nSPS) is 19.5. The number of nitrogens with zero attached hydrogens (tertiary/aromatic N) is 4. The van der Waals surface area contributed by atoms with Crippen molar-refractivity contribution in [2.45, 2.75) is 36.3 Å². The molecule has 208 valence electrons. The summed E-state index contributed by atoms with van der Waals surface area (Å²) < 4.78 is 58.1. The van der Waals surface area contributed by atoms with E-state index >= 15 is 0 Å². The summed E-state index contributed by atoms with van der Waals surface area (Å²) in [5, 5.41) is 13.9. The van der Waals surface area contributed by atoms with Gasteiger partial charge in [0.15, 0.2) is 0 Å². The van der Waals surface area contributed by atoms with Gasteiger partial charge >= 0.3 is 0 Å². The molecular weight excluding hydrogens is 540 g/mol. The number of rotatable bonds is 6. The van der Waals surface area contributed by atoms with Crippen LogP contribution in [0.3, 0.4) is 0 Å². The van der Waals surface area contributed by atoms with E-state index in [-0.39, 0.29) is 22.1 Å². The Balaban J connectivity index is 1.24. The average Bonchev–Trinajstić information content (AvgIpc) is 3.69. The highest BCUT2D eigenvalue weighted by molar-refractivity contribution is 7.90. The first kappa shape index (κ1) is 26.2. The van der Waals surface area contributed by atoms with Gasteiger partial charge in [-0.25, -0.2) is 26.4 Å². The Morgan fingerprint density at radius 1 is 1.00 bits per heavy atom. The highest BCUT2D eigenvalue weighted by Crippen LogP contribution is 2.38. The molecule has 0 bridgehead atoms. The smallest absolute Gasteiger partial charge is 0.268 e. The van der Waals surface area contributed by atoms with Crippen LogP contribution in [0.2, 0.25) is 0 Å². The Morgan fingerprint density at radius 3 is 2.55 bits per heavy atom. The Labute approximate surface area is 229 Å². The van der Waals surface area contributed by atoms with Crippen molar-refractivity contribution in [2.75, 3.05) is 29.4 Å². The van der Waals surface area contributed by atoms with E-state index in [4.69, 9.17) is 0 Å². The Kier molecular flexibility index (Phi) is 6.67. The number of halogens is 2. The molecule has 2 saturated heterocycles. The second-order valence-electron chi connectivity index (χ2n) is 10.1. The van der Waals surface area contributed by atoms with Crippen LogP contribution in [0.4, 0.5) is 20.2 Å². The molecule has 2 fully saturated rings. The van der Waals surface area contributed by atoms with Gasteiger partial charge in [0.1, 0.15) is 11.6 Å². The lowest BCUT2D eigenvalue weighted by Crippen LogP contribution is -2.30. The molecule has 4 aromatic rings. The first-order valence-electron chi connectivity index (χ1n) is 13.0. The van der Waals surface area contributed by atoms with Crippen molar-refractivity contribution < 1.29 is 27.1 Å². The molecule has 2 aliphatic rings. The van der Waals surface area contributed by atoms with Crippen molar-refractivity contribution in [3.8, 4) is 0 Å². The standard InChI is InChI=1S/C28H27F2N5O4S/c29-18-3-8-25(30)23(14-18)26-2-1-11-34(26)20-9-13-35-27(15-20)24(16-31-35)28(37)32-40(38,39)22-6-4-19(5-7-22)33-12-10-21(36)17-33/h3-9,13-16,21,26,36H,1-2,10-12,17H2,(H,32,37)/t21-,26+/m0/s1. The van der Waals surface area contributed by atoms with E-state index in [1.54, 1.807) is 30.5 Å². The monoisotopic (exact) mass is 567 g/mol. The van der Waals surface area contributed by atoms with Crippen LogP contribution in [-0.2, 0) is 10.0 Å². The van der Waals surface area contributed by atoms with E-state index in [2.05, 4.69) is 9.82 Å². The number of hydrogen-bond donors (Lipinski definition) is 2. The Bertz CT molecular complexity index is 1690. The van der Waals surface area contributed by atoms with Crippen molar-refractivity contribution in [3.63, 3.8) is 0 Å². The third-order valence-electron chi connectivity index (χ3n) is 7.55. The number of β-amino-alcohol motifs (C(OH)–C–C–N with tert-alkyl or cyclic N) is 1. The summed E-state index contributed by atoms with van der Waals surface area (Å²) in [6.07, 6.45) is 4.58. The fourth-order valence-corrected chi connectivity index (χ4v) is 6.51. The van der Waals surface area contributed by atoms with Gasteiger partial charge in [-0.3, -0.25) is 4.79 Å². The highest BCUT2D eigenvalue weighted by atomic mass is 32.2. The van der Waals surface area contributed by atoms with Gasteiger partial charge in [-0.2, -0.15) is 5.10 Å². The number of benzene rings is 2. The van der Waals surface area contributed by atoms with Crippen LogP contribution in [0.25, 0.3) is 5.52 Å². The summed E-state index contributed by atoms with van der Waals surface area (Å²) >= 11 is 0. The van der Waals surface area contributed by atoms with E-state index in [0.29, 0.717) is 43.7 Å². The van der Waals surface area contributed by atoms with Crippen LogP contribution >= 0.6 is 0 Å². The molecule has 40 heavy (non-hydrogen) atoms. The number of amides is 1. The van der Waals surface area contributed by atoms with Gasteiger partial charge in [-0.05, 0) is 73.9 Å². The van der Waals surface area contributed by atoms with Crippen LogP contribution in [0.5, 0.6) is 0 Å². The number of aromatic nitrogens is 2. The van der Waals surface area contributed by atoms with Crippen LogP contribution in [-0.4, -0.2) is 54.8 Å². The van der Waals surface area contributed by atoms with Gasteiger partial charge in [0.05, 0.1) is 34.3 Å². The molecule has 1 amide bonds. The molecule has 0 aliphatic carbocycles. The minimum absolute atomic E-state index is 0.0563. The molecule has 2 aliphatic heterocycles. The maximum atomic E-state index is 14.6. The fraction of sp³-hybridized carbons (Fsp3) is 0.286. The van der Waals surface area contributed by atoms with Crippen LogP contribution in [0.15, 0.2) is 71.9 Å². The molecule has 0 radical (unpaired) electrons. The van der Waals surface area contributed by atoms with Crippen molar-refractivity contribution in [3.05, 3.63) is 89.8 Å². The minimum atomic E-state index is -4.18. The predicted octanol–water partition coefficient (Wildman–Crippen LogP) is 3.64. The summed E-state index contributed by atoms with van der Waals surface area (Å²) in [6.45, 7) is 1.76. The molecule has 9 nitrogen and oxygen atoms in total. The molecule has 4 heterocycles. The first-order chi connectivity index (χ1) is 19.2. The number of hydrogen-bond acceptors (Lipinski definition) is 7. The van der Waals surface area contributed by atoms with Crippen molar-refractivity contribution in [2.24, 2.45) is 0 Å². The molecule has 2 aromatic carbocycles. The number of carbonyl (C=O) groups excluding carboxylic acids is 1. The highest BCUT2D eigenvalue weighted by Gasteiger charge is 2.30. The van der Waals surface area contributed by atoms with Crippen LogP contribution < -0.4 is 14.5 Å². The van der Waals surface area contributed by atoms with E-state index in [1.165, 1.54) is 28.9 Å². The van der Waals surface area contributed by atoms with E-state index < -0.39 is 33.7 Å². The minimum Gasteiger partial charge on any atom is -0.391 e. The van der Waals surface area contributed by atoms with Crippen molar-refractivity contribution >= 4 is 32.8 Å². The maximum Gasteiger partial charge on any atom is 0.268 e. The van der Waals surface area contributed by atoms with Crippen molar-refractivity contribution in [1.29, 1.82) is 0 Å². The molecule has 6 rings (SSSR count). The van der Waals surface area contributed by atoms with E-state index in [1.807, 2.05) is 9.80 Å². The van der Waals surface area contributed by atoms with Crippen LogP contribution in [0.1, 0.15) is 41.2 Å². The number of fused-ring (bicyclic) bond motifs is 1. The number of carbonyl (C=O) groups is 1. The lowest BCUT2D eigenvalue weighted by Gasteiger charge is -2.27. The van der Waals surface area contributed by atoms with Crippen LogP contribution in [0, 0.1) is 11.6 Å². The maximum absolute atomic E-state index is 14.6. The van der Waals surface area contributed by atoms with Gasteiger partial charge in [0.25, 0.3) is 15.9 Å². The third kappa shape index (κ3) is 4.88. The zero-order chi connectivity index (χ0) is 28.0. The molecule has 2 N–H and O–H groups in total. The SMILES string of the molecule is O=C(NS(=O)(=O)c1ccc(N2CC[C@H](O)C2)cc1)c1cnn2ccc(N3CCC[C@@H]3c3cc(F)ccc3F)cc12. The predicted molar refractivity (Wildman–Crippen MR) is 145 cm³/mol. The quantitative estimate of drug-likeness (QED) is 0.366. The second-order valence-corrected chi connectivity index (χ2v) is 11.8. The molecule has 12 heteroatoms. The molecular formula is C28H27F2N5O4S. The second kappa shape index (κ2) is 10.2. The Hall–Kier alpha value is -4.03. The largest absolute Gasteiger partial charge is 0.391 e. The molecule has 0 saturated carbocycles. The molecule has 2 aromatic heterocycles. The van der Waals surface area contributed by atoms with Gasteiger partial charge in [-0.1, -0.05) is 0 Å². The van der Waals surface area contributed by atoms with Gasteiger partial charge < -0.3 is 14.9 Å². The number of nitrogens with one attached hydrogen (secondary N) is 1. The summed E-state index contributed by atoms with van der Waals surface area (Å²) in [6, 6.07) is 12.6. The summed E-state index contributed by atoms with van der Waals surface area (Å²) in [7, 11) is -4.18. The summed E-state index contributed by atoms with van der Waals surface area (Å²) in [5.74, 6) is -1.84. The fourth-order valence-electron chi connectivity index (χ4n) is 5.54. The van der Waals surface area contributed by atoms with E-state index in [0.717, 1.165) is 24.2 Å². The van der Waals surface area contributed by atoms with Gasteiger partial charge in [-0.15, -0.1) is 0 Å². The molecule has 0 spiro atoms. The average molecular weight is 568 g/mol. The third-order valence-corrected chi connectivity index (χ3v) is 8.90. The zero-order valence-corrected chi connectivity index (χ0v) is 22.2. The van der Waals surface area contributed by atoms with Crippen molar-refractivity contribution in [1.82, 2.24) is 14.3 Å². The van der Waals surface area contributed by atoms with Gasteiger partial charge in [0, 0.05) is 42.8 Å². The molecule has 2 atom stereocenters. The van der Waals surface area contributed by atoms with E-state index in [9.17, 15) is 27.1 Å². The summed E-state index contributed by atoms with van der Waals surface area (Å²) in [4.78, 5) is 17.0. The number of pyridine rings is 1. The number of aliphatic hydroxyl groups excluding tert-OH is 1. The number of sulfonamides is 1. The first-order valence-corrected chi connectivity index (χ1v) is 14.5. The summed E-state index contributed by atoms with van der Waals surface area (Å²) in [5.41, 5.74) is 2.16. The topological polar surface area (TPSA) is 107 Å².